The summed E-state index contributed by atoms with van der Waals surface area (Å²) >= 11 is -1.64. The Balaban J connectivity index is 2.01. The van der Waals surface area contributed by atoms with Crippen molar-refractivity contribution in [2.45, 2.75) is 18.6 Å². The Morgan fingerprint density at radius 2 is 1.93 bits per heavy atom. The van der Waals surface area contributed by atoms with Crippen LogP contribution in [0.1, 0.15) is 11.1 Å². The number of nitrogens with one attached hydrogen (secondary N) is 1. The normalized spacial score (nSPS) is 14.3. The van der Waals surface area contributed by atoms with E-state index in [0.717, 1.165) is 11.0 Å². The largest absolute Gasteiger partial charge is 0.609 e. The number of anilines is 2. The molecule has 30 heavy (non-hydrogen) atoms. The summed E-state index contributed by atoms with van der Waals surface area (Å²) in [6.45, 7) is 1.69. The van der Waals surface area contributed by atoms with Gasteiger partial charge in [-0.1, -0.05) is 6.07 Å². The first-order valence-electron chi connectivity index (χ1n) is 8.80. The topological polar surface area (TPSA) is 81.2 Å². The number of halogens is 3. The number of rotatable bonds is 3. The van der Waals surface area contributed by atoms with Crippen molar-refractivity contribution in [2.75, 3.05) is 11.2 Å². The van der Waals surface area contributed by atoms with Gasteiger partial charge in [0.15, 0.2) is 17.5 Å². The Kier molecular flexibility index (Phi) is 5.12. The van der Waals surface area contributed by atoms with E-state index in [9.17, 15) is 22.5 Å². The number of aryl methyl sites for hydroxylation is 1. The third-order valence-corrected chi connectivity index (χ3v) is 5.37. The minimum Gasteiger partial charge on any atom is -0.609 e. The van der Waals surface area contributed by atoms with Gasteiger partial charge in [0.25, 0.3) is 0 Å². The van der Waals surface area contributed by atoms with Gasteiger partial charge in [0.2, 0.25) is 0 Å². The summed E-state index contributed by atoms with van der Waals surface area (Å²) in [5.41, 5.74) is 1.48. The maximum atomic E-state index is 14.5. The molecule has 3 aromatic rings. The summed E-state index contributed by atoms with van der Waals surface area (Å²) in [5.74, 6) is -2.80. The second-order valence-electron chi connectivity index (χ2n) is 6.64. The molecule has 4 rings (SSSR count). The molecule has 0 fully saturated rings. The minimum absolute atomic E-state index is 0.00435. The molecule has 0 saturated carbocycles. The molecule has 1 N–H and O–H groups in total. The molecule has 1 unspecified atom stereocenters. The van der Waals surface area contributed by atoms with Crippen LogP contribution in [0.4, 0.5) is 29.5 Å². The predicted molar refractivity (Wildman–Crippen MR) is 105 cm³/mol. The number of hydrogen-bond acceptors (Lipinski definition) is 4. The van der Waals surface area contributed by atoms with Crippen LogP contribution >= 0.6 is 0 Å². The van der Waals surface area contributed by atoms with Crippen molar-refractivity contribution in [3.8, 4) is 11.3 Å². The molecule has 2 heterocycles. The monoisotopic (exact) mass is 432 g/mol. The SMILES string of the molecule is Cc1cc(F)ccc1-c1nc([S+](C)[O-])nc2c1CNC(=O)N2c1cccc(F)c1F. The first kappa shape index (κ1) is 20.2. The quantitative estimate of drug-likeness (QED) is 0.502. The molecule has 0 bridgehead atoms. The number of nitrogens with zero attached hydrogens (tertiary/aromatic N) is 3. The van der Waals surface area contributed by atoms with Crippen LogP contribution in [-0.4, -0.2) is 26.8 Å². The molecule has 1 atom stereocenters. The van der Waals surface area contributed by atoms with Crippen molar-refractivity contribution in [1.29, 1.82) is 0 Å². The van der Waals surface area contributed by atoms with Gasteiger partial charge in [-0.05, 0) is 42.8 Å². The fourth-order valence-corrected chi connectivity index (χ4v) is 3.71. The van der Waals surface area contributed by atoms with Crippen LogP contribution < -0.4 is 10.2 Å². The fraction of sp³-hybridized carbons (Fsp3) is 0.150. The zero-order valence-electron chi connectivity index (χ0n) is 15.9. The summed E-state index contributed by atoms with van der Waals surface area (Å²) < 4.78 is 54.1. The van der Waals surface area contributed by atoms with Gasteiger partial charge < -0.3 is 9.87 Å². The Morgan fingerprint density at radius 3 is 2.63 bits per heavy atom. The van der Waals surface area contributed by atoms with Crippen molar-refractivity contribution in [1.82, 2.24) is 15.3 Å². The molecule has 0 aliphatic carbocycles. The van der Waals surface area contributed by atoms with Gasteiger partial charge in [-0.3, -0.25) is 0 Å². The Labute approximate surface area is 173 Å². The number of urea groups is 1. The molecule has 1 aliphatic rings. The molecule has 2 aromatic carbocycles. The van der Waals surface area contributed by atoms with Crippen molar-refractivity contribution in [3.05, 3.63) is 65.0 Å². The van der Waals surface area contributed by atoms with E-state index in [1.807, 2.05) is 0 Å². The highest BCUT2D eigenvalue weighted by Gasteiger charge is 2.34. The van der Waals surface area contributed by atoms with E-state index >= 15 is 0 Å². The average molecular weight is 432 g/mol. The lowest BCUT2D eigenvalue weighted by molar-refractivity contribution is 0.246. The number of amides is 2. The van der Waals surface area contributed by atoms with Gasteiger partial charge >= 0.3 is 11.2 Å². The molecule has 0 radical (unpaired) electrons. The predicted octanol–water partition coefficient (Wildman–Crippen LogP) is 3.97. The highest BCUT2D eigenvalue weighted by molar-refractivity contribution is 7.90. The van der Waals surface area contributed by atoms with Crippen LogP contribution in [-0.2, 0) is 17.7 Å². The zero-order chi connectivity index (χ0) is 21.6. The summed E-state index contributed by atoms with van der Waals surface area (Å²) in [7, 11) is 0. The third-order valence-electron chi connectivity index (χ3n) is 4.67. The number of carbonyl (C=O) groups is 1. The second kappa shape index (κ2) is 7.62. The molecule has 2 amide bonds. The van der Waals surface area contributed by atoms with Crippen LogP contribution in [0, 0.1) is 24.4 Å². The molecular formula is C20H15F3N4O2S. The van der Waals surface area contributed by atoms with Crippen LogP contribution in [0.2, 0.25) is 0 Å². The Morgan fingerprint density at radius 1 is 1.17 bits per heavy atom. The lowest BCUT2D eigenvalue weighted by atomic mass is 10.00. The Hall–Kier alpha value is -3.11. The van der Waals surface area contributed by atoms with Crippen LogP contribution in [0.15, 0.2) is 41.6 Å². The fourth-order valence-electron chi connectivity index (χ4n) is 3.27. The third kappa shape index (κ3) is 3.37. The van der Waals surface area contributed by atoms with Crippen molar-refractivity contribution in [2.24, 2.45) is 0 Å². The highest BCUT2D eigenvalue weighted by Crippen LogP contribution is 2.38. The second-order valence-corrected chi connectivity index (χ2v) is 7.91. The highest BCUT2D eigenvalue weighted by atomic mass is 32.2. The summed E-state index contributed by atoms with van der Waals surface area (Å²) in [6.07, 6.45) is 1.36. The molecule has 6 nitrogen and oxygen atoms in total. The Bertz CT molecular complexity index is 1170. The van der Waals surface area contributed by atoms with E-state index in [2.05, 4.69) is 15.3 Å². The van der Waals surface area contributed by atoms with Gasteiger partial charge in [-0.15, -0.1) is 0 Å². The van der Waals surface area contributed by atoms with Gasteiger partial charge in [-0.25, -0.2) is 22.9 Å². The molecular weight excluding hydrogens is 417 g/mol. The van der Waals surface area contributed by atoms with Crippen molar-refractivity contribution in [3.63, 3.8) is 0 Å². The van der Waals surface area contributed by atoms with Crippen molar-refractivity contribution >= 4 is 28.7 Å². The van der Waals surface area contributed by atoms with E-state index in [1.54, 1.807) is 6.92 Å². The standard InChI is InChI=1S/C20H15F3N4O2S/c1-10-8-11(21)6-7-12(10)17-13-9-24-20(28)27(15-5-3-4-14(22)16(15)23)18(13)26-19(25-17)30(2)29/h3-8H,9H2,1-2H3,(H,24,28). The lowest BCUT2D eigenvalue weighted by Crippen LogP contribution is -2.43. The molecule has 0 spiro atoms. The van der Waals surface area contributed by atoms with E-state index in [-0.39, 0.29) is 23.2 Å². The van der Waals surface area contributed by atoms with E-state index in [1.165, 1.54) is 36.6 Å². The molecule has 1 aromatic heterocycles. The van der Waals surface area contributed by atoms with E-state index in [4.69, 9.17) is 0 Å². The number of carbonyl (C=O) groups excluding carboxylic acids is 1. The first-order valence-corrected chi connectivity index (χ1v) is 10.4. The maximum Gasteiger partial charge on any atom is 0.345 e. The smallest absolute Gasteiger partial charge is 0.345 e. The van der Waals surface area contributed by atoms with Gasteiger partial charge in [0.05, 0.1) is 17.9 Å². The van der Waals surface area contributed by atoms with Gasteiger partial charge in [0, 0.05) is 22.3 Å². The molecule has 0 saturated heterocycles. The molecule has 1 aliphatic heterocycles. The molecule has 154 valence electrons. The summed E-state index contributed by atoms with van der Waals surface area (Å²) in [5, 5.41) is 2.50. The average Bonchev–Trinajstić information content (AvgIpc) is 2.70. The van der Waals surface area contributed by atoms with E-state index < -0.39 is 34.7 Å². The summed E-state index contributed by atoms with van der Waals surface area (Å²) in [4.78, 5) is 22.1. The molecule has 10 heteroatoms. The zero-order valence-corrected chi connectivity index (χ0v) is 16.7. The number of benzene rings is 2. The lowest BCUT2D eigenvalue weighted by Gasteiger charge is -2.30. The first-order chi connectivity index (χ1) is 14.3. The van der Waals surface area contributed by atoms with Crippen molar-refractivity contribution < 1.29 is 22.5 Å². The number of fused-ring (bicyclic) bond motifs is 1. The van der Waals surface area contributed by atoms with Gasteiger partial charge in [0.1, 0.15) is 12.1 Å². The van der Waals surface area contributed by atoms with Crippen LogP contribution in [0.25, 0.3) is 11.3 Å². The minimum atomic E-state index is -1.64. The maximum absolute atomic E-state index is 14.5. The number of hydrogen-bond donors (Lipinski definition) is 1. The van der Waals surface area contributed by atoms with E-state index in [0.29, 0.717) is 22.4 Å². The van der Waals surface area contributed by atoms with Gasteiger partial charge in [-0.2, -0.15) is 9.97 Å². The van der Waals surface area contributed by atoms with Crippen LogP contribution in [0.5, 0.6) is 0 Å². The van der Waals surface area contributed by atoms with Crippen LogP contribution in [0.3, 0.4) is 0 Å². The summed E-state index contributed by atoms with van der Waals surface area (Å²) in [6, 6.07) is 6.80. The number of aromatic nitrogens is 2.